The minimum Gasteiger partial charge on any atom is -0.316 e. The maximum atomic E-state index is 12.3. The van der Waals surface area contributed by atoms with Gasteiger partial charge in [-0.1, -0.05) is 42.1 Å². The fourth-order valence-corrected chi connectivity index (χ4v) is 4.26. The zero-order valence-corrected chi connectivity index (χ0v) is 16.9. The lowest BCUT2D eigenvalue weighted by atomic mass is 10.1. The van der Waals surface area contributed by atoms with Crippen molar-refractivity contribution in [2.75, 3.05) is 11.1 Å². The summed E-state index contributed by atoms with van der Waals surface area (Å²) in [5.74, 6) is 0.411. The summed E-state index contributed by atoms with van der Waals surface area (Å²) in [5, 5.41) is 19.9. The van der Waals surface area contributed by atoms with Gasteiger partial charge in [0, 0.05) is 6.42 Å². The molecule has 2 aromatic heterocycles. The van der Waals surface area contributed by atoms with Gasteiger partial charge in [-0.3, -0.25) is 14.7 Å². The van der Waals surface area contributed by atoms with Gasteiger partial charge in [0.1, 0.15) is 16.9 Å². The van der Waals surface area contributed by atoms with Crippen molar-refractivity contribution in [1.82, 2.24) is 15.2 Å². The lowest BCUT2D eigenvalue weighted by molar-refractivity contribution is -0.113. The molecule has 0 radical (unpaired) electrons. The predicted molar refractivity (Wildman–Crippen MR) is 109 cm³/mol. The molecular formula is C19H17N5O2S2. The number of carbonyl (C=O) groups excluding carboxylic acids is 2. The molecular weight excluding hydrogens is 394 g/mol. The van der Waals surface area contributed by atoms with Crippen LogP contribution in [0.5, 0.6) is 0 Å². The summed E-state index contributed by atoms with van der Waals surface area (Å²) < 4.78 is 0. The number of hydrogen-bond acceptors (Lipinski definition) is 7. The Morgan fingerprint density at radius 1 is 1.32 bits per heavy atom. The molecule has 3 rings (SSSR count). The van der Waals surface area contributed by atoms with Crippen molar-refractivity contribution < 1.29 is 9.59 Å². The monoisotopic (exact) mass is 411 g/mol. The van der Waals surface area contributed by atoms with Crippen LogP contribution in [-0.4, -0.2) is 32.6 Å². The number of anilines is 1. The predicted octanol–water partition coefficient (Wildman–Crippen LogP) is 3.57. The van der Waals surface area contributed by atoms with Crippen LogP contribution >= 0.6 is 23.1 Å². The fraction of sp³-hybridized carbons (Fsp3) is 0.211. The maximum absolute atomic E-state index is 12.3. The molecule has 0 aliphatic rings. The van der Waals surface area contributed by atoms with Gasteiger partial charge >= 0.3 is 0 Å². The molecule has 3 aromatic rings. The summed E-state index contributed by atoms with van der Waals surface area (Å²) in [7, 11) is 0. The third-order valence-electron chi connectivity index (χ3n) is 3.89. The van der Waals surface area contributed by atoms with Crippen LogP contribution in [0.2, 0.25) is 0 Å². The van der Waals surface area contributed by atoms with E-state index < -0.39 is 0 Å². The number of nitrogens with one attached hydrogen (secondary N) is 2. The molecule has 0 bridgehead atoms. The minimum absolute atomic E-state index is 0.0971. The van der Waals surface area contributed by atoms with E-state index in [9.17, 15) is 14.9 Å². The Kier molecular flexibility index (Phi) is 6.23. The van der Waals surface area contributed by atoms with Crippen molar-refractivity contribution in [3.63, 3.8) is 0 Å². The van der Waals surface area contributed by atoms with E-state index in [-0.39, 0.29) is 17.4 Å². The summed E-state index contributed by atoms with van der Waals surface area (Å²) in [6.45, 7) is 3.15. The second-order valence-corrected chi connectivity index (χ2v) is 7.96. The Balaban J connectivity index is 1.59. The highest BCUT2D eigenvalue weighted by Crippen LogP contribution is 2.32. The fourth-order valence-electron chi connectivity index (χ4n) is 2.58. The van der Waals surface area contributed by atoms with Crippen LogP contribution in [0, 0.1) is 18.3 Å². The zero-order valence-electron chi connectivity index (χ0n) is 15.3. The summed E-state index contributed by atoms with van der Waals surface area (Å²) in [5.41, 5.74) is 2.05. The first-order chi connectivity index (χ1) is 13.5. The van der Waals surface area contributed by atoms with Crippen molar-refractivity contribution in [3.8, 4) is 6.07 Å². The SMILES string of the molecule is CC(=O)c1sc(NC(=O)CSc2n[nH]c(Cc3ccccc3)n2)c(C#N)c1C. The quantitative estimate of drug-likeness (QED) is 0.454. The maximum Gasteiger partial charge on any atom is 0.235 e. The molecule has 1 amide bonds. The number of thioether (sulfide) groups is 1. The highest BCUT2D eigenvalue weighted by atomic mass is 32.2. The number of ketones is 1. The van der Waals surface area contributed by atoms with Gasteiger partial charge in [-0.15, -0.1) is 16.4 Å². The number of aromatic nitrogens is 3. The van der Waals surface area contributed by atoms with Crippen LogP contribution < -0.4 is 5.32 Å². The van der Waals surface area contributed by atoms with Crippen molar-refractivity contribution in [2.45, 2.75) is 25.4 Å². The summed E-state index contributed by atoms with van der Waals surface area (Å²) in [4.78, 5) is 28.8. The molecule has 1 aromatic carbocycles. The van der Waals surface area contributed by atoms with E-state index >= 15 is 0 Å². The first-order valence-corrected chi connectivity index (χ1v) is 10.2. The minimum atomic E-state index is -0.285. The first kappa shape index (κ1) is 19.8. The number of Topliss-reactive ketones (excluding diaryl/α,β-unsaturated/α-hetero) is 1. The molecule has 0 atom stereocenters. The Morgan fingerprint density at radius 3 is 2.75 bits per heavy atom. The average Bonchev–Trinajstić information content (AvgIpc) is 3.25. The van der Waals surface area contributed by atoms with E-state index in [4.69, 9.17) is 0 Å². The second-order valence-electron chi connectivity index (χ2n) is 5.99. The van der Waals surface area contributed by atoms with Gasteiger partial charge in [-0.25, -0.2) is 4.98 Å². The second kappa shape index (κ2) is 8.82. The van der Waals surface area contributed by atoms with Crippen LogP contribution in [0.15, 0.2) is 35.5 Å². The molecule has 0 aliphatic heterocycles. The molecule has 0 saturated heterocycles. The first-order valence-electron chi connectivity index (χ1n) is 8.40. The van der Waals surface area contributed by atoms with E-state index in [1.54, 1.807) is 6.92 Å². The van der Waals surface area contributed by atoms with Crippen molar-refractivity contribution >= 4 is 39.8 Å². The molecule has 0 spiro atoms. The van der Waals surface area contributed by atoms with Crippen LogP contribution in [0.4, 0.5) is 5.00 Å². The van der Waals surface area contributed by atoms with Gasteiger partial charge in [0.2, 0.25) is 11.1 Å². The molecule has 28 heavy (non-hydrogen) atoms. The highest BCUT2D eigenvalue weighted by molar-refractivity contribution is 7.99. The van der Waals surface area contributed by atoms with Crippen molar-refractivity contribution in [2.24, 2.45) is 0 Å². The topological polar surface area (TPSA) is 112 Å². The number of nitrogens with zero attached hydrogens (tertiary/aromatic N) is 3. The van der Waals surface area contributed by atoms with Crippen molar-refractivity contribution in [1.29, 1.82) is 5.26 Å². The molecule has 0 aliphatic carbocycles. The number of H-pyrrole nitrogens is 1. The molecule has 7 nitrogen and oxygen atoms in total. The van der Waals surface area contributed by atoms with Crippen LogP contribution in [0.25, 0.3) is 0 Å². The molecule has 0 unspecified atom stereocenters. The summed E-state index contributed by atoms with van der Waals surface area (Å²) in [6.07, 6.45) is 0.633. The standard InChI is InChI=1S/C19H17N5O2S2/c1-11-14(9-20)18(28-17(11)12(2)25)22-16(26)10-27-19-21-15(23-24-19)8-13-6-4-3-5-7-13/h3-7H,8,10H2,1-2H3,(H,22,26)(H,21,23,24). The van der Waals surface area contributed by atoms with Gasteiger partial charge in [0.15, 0.2) is 5.78 Å². The van der Waals surface area contributed by atoms with Crippen LogP contribution in [0.3, 0.4) is 0 Å². The third-order valence-corrected chi connectivity index (χ3v) is 6.04. The Labute approximate surface area is 170 Å². The molecule has 2 heterocycles. The normalized spacial score (nSPS) is 10.5. The van der Waals surface area contributed by atoms with Crippen LogP contribution in [0.1, 0.15) is 39.1 Å². The Hall–Kier alpha value is -2.96. The molecule has 0 saturated carbocycles. The number of carbonyl (C=O) groups is 2. The highest BCUT2D eigenvalue weighted by Gasteiger charge is 2.19. The largest absolute Gasteiger partial charge is 0.316 e. The lowest BCUT2D eigenvalue weighted by Crippen LogP contribution is -2.14. The van der Waals surface area contributed by atoms with Gasteiger partial charge in [0.05, 0.1) is 16.2 Å². The number of benzene rings is 1. The van der Waals surface area contributed by atoms with Gasteiger partial charge in [0.25, 0.3) is 0 Å². The van der Waals surface area contributed by atoms with Gasteiger partial charge in [-0.05, 0) is 25.0 Å². The van der Waals surface area contributed by atoms with Crippen molar-refractivity contribution in [3.05, 3.63) is 57.7 Å². The molecule has 0 fully saturated rings. The Bertz CT molecular complexity index is 1050. The molecule has 142 valence electrons. The number of amides is 1. The third kappa shape index (κ3) is 4.65. The molecule has 9 heteroatoms. The van der Waals surface area contributed by atoms with E-state index in [0.29, 0.717) is 32.6 Å². The number of thiophene rings is 1. The number of rotatable bonds is 7. The number of hydrogen-bond donors (Lipinski definition) is 2. The smallest absolute Gasteiger partial charge is 0.235 e. The number of nitriles is 1. The van der Waals surface area contributed by atoms with E-state index in [1.807, 2.05) is 30.3 Å². The van der Waals surface area contributed by atoms with Gasteiger partial charge < -0.3 is 5.32 Å². The summed E-state index contributed by atoms with van der Waals surface area (Å²) in [6, 6.07) is 11.9. The molecule has 2 N–H and O–H groups in total. The van der Waals surface area contributed by atoms with E-state index in [2.05, 4.69) is 26.6 Å². The van der Waals surface area contributed by atoms with E-state index in [0.717, 1.165) is 22.7 Å². The number of aromatic amines is 1. The lowest BCUT2D eigenvalue weighted by Gasteiger charge is -2.01. The van der Waals surface area contributed by atoms with Gasteiger partial charge in [-0.2, -0.15) is 5.26 Å². The zero-order chi connectivity index (χ0) is 20.1. The van der Waals surface area contributed by atoms with Crippen LogP contribution in [-0.2, 0) is 11.2 Å². The Morgan fingerprint density at radius 2 is 2.07 bits per heavy atom. The average molecular weight is 412 g/mol. The summed E-state index contributed by atoms with van der Waals surface area (Å²) >= 11 is 2.32. The van der Waals surface area contributed by atoms with E-state index in [1.165, 1.54) is 18.7 Å².